The van der Waals surface area contributed by atoms with Crippen LogP contribution < -0.4 is 5.56 Å². The maximum atomic E-state index is 12.8. The van der Waals surface area contributed by atoms with Crippen LogP contribution in [0.2, 0.25) is 0 Å². The predicted molar refractivity (Wildman–Crippen MR) is 107 cm³/mol. The maximum absolute atomic E-state index is 12.8. The second kappa shape index (κ2) is 7.76. The van der Waals surface area contributed by atoms with E-state index >= 15 is 0 Å². The van der Waals surface area contributed by atoms with Crippen molar-refractivity contribution in [1.82, 2.24) is 19.9 Å². The lowest BCUT2D eigenvalue weighted by Gasteiger charge is -2.29. The Hall–Kier alpha value is -3.28. The van der Waals surface area contributed by atoms with Crippen LogP contribution in [0.25, 0.3) is 11.5 Å². The van der Waals surface area contributed by atoms with Crippen molar-refractivity contribution < 1.29 is 4.79 Å². The van der Waals surface area contributed by atoms with Gasteiger partial charge in [0.15, 0.2) is 5.82 Å². The molecule has 6 nitrogen and oxygen atoms in total. The van der Waals surface area contributed by atoms with Gasteiger partial charge in [0, 0.05) is 24.7 Å². The molecule has 0 spiro atoms. The van der Waals surface area contributed by atoms with Crippen molar-refractivity contribution >= 4 is 5.91 Å². The maximum Gasteiger partial charge on any atom is 0.254 e. The van der Waals surface area contributed by atoms with Gasteiger partial charge in [0.05, 0.1) is 12.2 Å². The third-order valence-corrected chi connectivity index (χ3v) is 5.18. The monoisotopic (exact) mass is 374 g/mol. The molecule has 0 unspecified atom stereocenters. The molecule has 1 amide bonds. The molecular formula is C22H22N4O2. The number of rotatable bonds is 4. The normalized spacial score (nSPS) is 14.4. The molecule has 1 atom stereocenters. The van der Waals surface area contributed by atoms with Crippen LogP contribution in [0.3, 0.4) is 0 Å². The van der Waals surface area contributed by atoms with Gasteiger partial charge in [-0.3, -0.25) is 14.6 Å². The number of H-pyrrole nitrogens is 1. The van der Waals surface area contributed by atoms with Crippen molar-refractivity contribution in [3.63, 3.8) is 0 Å². The average Bonchev–Trinajstić information content (AvgIpc) is 2.74. The number of carbonyl (C=O) groups is 1. The first-order valence-electron chi connectivity index (χ1n) is 9.48. The average molecular weight is 374 g/mol. The number of amides is 1. The first-order valence-corrected chi connectivity index (χ1v) is 9.48. The van der Waals surface area contributed by atoms with E-state index in [1.54, 1.807) is 17.2 Å². The first-order chi connectivity index (χ1) is 13.6. The Bertz CT molecular complexity index is 1030. The molecule has 3 heterocycles. The van der Waals surface area contributed by atoms with E-state index in [1.165, 1.54) is 0 Å². The molecule has 1 aliphatic rings. The van der Waals surface area contributed by atoms with Crippen LogP contribution in [-0.2, 0) is 17.8 Å². The van der Waals surface area contributed by atoms with Crippen LogP contribution in [0.1, 0.15) is 36.1 Å². The Morgan fingerprint density at radius 3 is 2.71 bits per heavy atom. The third-order valence-electron chi connectivity index (χ3n) is 5.18. The van der Waals surface area contributed by atoms with Gasteiger partial charge in [-0.2, -0.15) is 0 Å². The molecule has 2 aromatic heterocycles. The molecule has 1 aliphatic heterocycles. The Morgan fingerprint density at radius 2 is 1.96 bits per heavy atom. The number of hydrogen-bond acceptors (Lipinski definition) is 4. The van der Waals surface area contributed by atoms with Gasteiger partial charge in [0.25, 0.3) is 5.56 Å². The molecule has 6 heteroatoms. The van der Waals surface area contributed by atoms with Gasteiger partial charge in [-0.1, -0.05) is 43.3 Å². The molecule has 3 aromatic rings. The van der Waals surface area contributed by atoms with E-state index in [1.807, 2.05) is 42.5 Å². The number of aromatic amines is 1. The molecule has 0 fully saturated rings. The summed E-state index contributed by atoms with van der Waals surface area (Å²) in [6.45, 7) is 2.97. The van der Waals surface area contributed by atoms with Crippen LogP contribution in [0.5, 0.6) is 0 Å². The van der Waals surface area contributed by atoms with Crippen molar-refractivity contribution in [2.24, 2.45) is 0 Å². The number of aromatic nitrogens is 3. The van der Waals surface area contributed by atoms with E-state index in [-0.39, 0.29) is 17.4 Å². The predicted octanol–water partition coefficient (Wildman–Crippen LogP) is 2.91. The highest BCUT2D eigenvalue weighted by Gasteiger charge is 2.25. The zero-order valence-electron chi connectivity index (χ0n) is 15.8. The van der Waals surface area contributed by atoms with E-state index < -0.39 is 0 Å². The highest BCUT2D eigenvalue weighted by molar-refractivity contribution is 5.77. The minimum Gasteiger partial charge on any atom is -0.336 e. The largest absolute Gasteiger partial charge is 0.336 e. The van der Waals surface area contributed by atoms with Crippen LogP contribution in [0.4, 0.5) is 0 Å². The van der Waals surface area contributed by atoms with Crippen molar-refractivity contribution in [3.05, 3.63) is 81.9 Å². The minimum atomic E-state index is -0.143. The van der Waals surface area contributed by atoms with Gasteiger partial charge < -0.3 is 9.88 Å². The number of carbonyl (C=O) groups excluding carboxylic acids is 1. The molecular weight excluding hydrogens is 352 g/mol. The van der Waals surface area contributed by atoms with Gasteiger partial charge in [-0.05, 0) is 30.0 Å². The minimum absolute atomic E-state index is 0.0865. The lowest BCUT2D eigenvalue weighted by molar-refractivity contribution is -0.132. The van der Waals surface area contributed by atoms with Gasteiger partial charge in [0.1, 0.15) is 5.69 Å². The van der Waals surface area contributed by atoms with Crippen LogP contribution >= 0.6 is 0 Å². The Morgan fingerprint density at radius 1 is 1.18 bits per heavy atom. The number of nitrogens with one attached hydrogen (secondary N) is 1. The lowest BCUT2D eigenvalue weighted by atomic mass is 9.96. The number of pyridine rings is 1. The van der Waals surface area contributed by atoms with Gasteiger partial charge >= 0.3 is 0 Å². The lowest BCUT2D eigenvalue weighted by Crippen LogP contribution is -2.39. The van der Waals surface area contributed by atoms with Crippen molar-refractivity contribution in [1.29, 1.82) is 0 Å². The molecule has 142 valence electrons. The number of benzene rings is 1. The van der Waals surface area contributed by atoms with Crippen LogP contribution in [-0.4, -0.2) is 32.3 Å². The van der Waals surface area contributed by atoms with E-state index in [9.17, 15) is 9.59 Å². The summed E-state index contributed by atoms with van der Waals surface area (Å²) in [6.07, 6.45) is 2.62. The molecule has 1 N–H and O–H groups in total. The summed E-state index contributed by atoms with van der Waals surface area (Å²) in [4.78, 5) is 38.8. The fourth-order valence-corrected chi connectivity index (χ4v) is 3.57. The second-order valence-corrected chi connectivity index (χ2v) is 7.14. The van der Waals surface area contributed by atoms with Gasteiger partial charge in [-0.15, -0.1) is 0 Å². The Kier molecular flexibility index (Phi) is 5.02. The number of nitrogens with zero attached hydrogens (tertiary/aromatic N) is 3. The van der Waals surface area contributed by atoms with Gasteiger partial charge in [0.2, 0.25) is 5.91 Å². The standard InChI is InChI=1S/C22H22N4O2/c1-15(16-7-3-2-4-8-16)13-20(27)26-12-10-17-19(14-26)24-21(25-22(17)28)18-9-5-6-11-23-18/h2-9,11,15H,10,12-14H2,1H3,(H,24,25,28)/t15-/m0/s1. The highest BCUT2D eigenvalue weighted by atomic mass is 16.2. The highest BCUT2D eigenvalue weighted by Crippen LogP contribution is 2.22. The Balaban J connectivity index is 1.53. The fourth-order valence-electron chi connectivity index (χ4n) is 3.57. The summed E-state index contributed by atoms with van der Waals surface area (Å²) in [6, 6.07) is 15.5. The van der Waals surface area contributed by atoms with E-state index in [0.717, 1.165) is 5.56 Å². The molecule has 0 aliphatic carbocycles. The number of fused-ring (bicyclic) bond motifs is 1. The summed E-state index contributed by atoms with van der Waals surface area (Å²) in [5, 5.41) is 0. The molecule has 1 aromatic carbocycles. The summed E-state index contributed by atoms with van der Waals surface area (Å²) >= 11 is 0. The topological polar surface area (TPSA) is 79.0 Å². The quantitative estimate of drug-likeness (QED) is 0.762. The molecule has 0 saturated carbocycles. The summed E-state index contributed by atoms with van der Waals surface area (Å²) in [5.41, 5.74) is 2.95. The second-order valence-electron chi connectivity index (χ2n) is 7.14. The van der Waals surface area contributed by atoms with Crippen molar-refractivity contribution in [3.8, 4) is 11.5 Å². The van der Waals surface area contributed by atoms with Crippen LogP contribution in [0.15, 0.2) is 59.5 Å². The molecule has 0 saturated heterocycles. The van der Waals surface area contributed by atoms with Crippen LogP contribution in [0, 0.1) is 0 Å². The molecule has 0 bridgehead atoms. The van der Waals surface area contributed by atoms with Gasteiger partial charge in [-0.25, -0.2) is 4.98 Å². The zero-order valence-corrected chi connectivity index (χ0v) is 15.8. The first kappa shape index (κ1) is 18.1. The summed E-state index contributed by atoms with van der Waals surface area (Å²) in [5.74, 6) is 0.672. The summed E-state index contributed by atoms with van der Waals surface area (Å²) in [7, 11) is 0. The summed E-state index contributed by atoms with van der Waals surface area (Å²) < 4.78 is 0. The number of hydrogen-bond donors (Lipinski definition) is 1. The third kappa shape index (κ3) is 3.71. The zero-order chi connectivity index (χ0) is 19.5. The molecule has 28 heavy (non-hydrogen) atoms. The van der Waals surface area contributed by atoms with E-state index in [0.29, 0.717) is 48.7 Å². The van der Waals surface area contributed by atoms with Crippen molar-refractivity contribution in [2.45, 2.75) is 32.2 Å². The molecule has 4 rings (SSSR count). The van der Waals surface area contributed by atoms with E-state index in [4.69, 9.17) is 0 Å². The smallest absolute Gasteiger partial charge is 0.254 e. The fraction of sp³-hybridized carbons (Fsp3) is 0.273. The Labute approximate surface area is 163 Å². The van der Waals surface area contributed by atoms with Crippen molar-refractivity contribution in [2.75, 3.05) is 6.54 Å². The molecule has 0 radical (unpaired) electrons. The SMILES string of the molecule is C[C@@H](CC(=O)N1CCc2c(nc(-c3ccccn3)[nH]c2=O)C1)c1ccccc1. The van der Waals surface area contributed by atoms with E-state index in [2.05, 4.69) is 21.9 Å².